The number of rotatable bonds is 5. The fourth-order valence-corrected chi connectivity index (χ4v) is 3.48. The lowest BCUT2D eigenvalue weighted by Crippen LogP contribution is -2.19. The number of carbonyl (C=O) groups excluding carboxylic acids is 1. The number of anilines is 2. The highest BCUT2D eigenvalue weighted by molar-refractivity contribution is 7.87. The van der Waals surface area contributed by atoms with Crippen LogP contribution in [-0.2, 0) is 10.1 Å². The molecule has 0 fully saturated rings. The maximum Gasteiger partial charge on any atom is 0.339 e. The van der Waals surface area contributed by atoms with Crippen molar-refractivity contribution in [3.63, 3.8) is 0 Å². The number of hydrogen-bond acceptors (Lipinski definition) is 5. The van der Waals surface area contributed by atoms with E-state index >= 15 is 0 Å². The first-order valence-electron chi connectivity index (χ1n) is 8.30. The molecule has 0 heterocycles. The van der Waals surface area contributed by atoms with E-state index in [1.807, 2.05) is 0 Å². The lowest BCUT2D eigenvalue weighted by molar-refractivity contribution is 0.262. The summed E-state index contributed by atoms with van der Waals surface area (Å²) in [4.78, 5) is 12.1. The standard InChI is InChI=1S/C20H18N2O5S/c1-14-5-2-10-19(11-14)28(25,26)27-18-9-4-7-16(13-18)22-20(24)21-15-6-3-8-17(23)12-15/h2-13,23H,1H3,(H2,21,22,24). The molecule has 3 aromatic rings. The molecule has 0 unspecified atom stereocenters. The molecule has 0 atom stereocenters. The van der Waals surface area contributed by atoms with Crippen molar-refractivity contribution in [1.82, 2.24) is 0 Å². The van der Waals surface area contributed by atoms with Gasteiger partial charge in [0.2, 0.25) is 0 Å². The summed E-state index contributed by atoms with van der Waals surface area (Å²) >= 11 is 0. The third kappa shape index (κ3) is 5.01. The highest BCUT2D eigenvalue weighted by Gasteiger charge is 2.17. The molecule has 144 valence electrons. The first kappa shape index (κ1) is 19.2. The van der Waals surface area contributed by atoms with Crippen molar-refractivity contribution in [3.8, 4) is 11.5 Å². The number of carbonyl (C=O) groups is 1. The van der Waals surface area contributed by atoms with E-state index in [4.69, 9.17) is 4.18 Å². The lowest BCUT2D eigenvalue weighted by atomic mass is 10.2. The van der Waals surface area contributed by atoms with Crippen LogP contribution >= 0.6 is 0 Å². The van der Waals surface area contributed by atoms with Gasteiger partial charge in [-0.1, -0.05) is 24.3 Å². The lowest BCUT2D eigenvalue weighted by Gasteiger charge is -2.11. The molecule has 0 bridgehead atoms. The van der Waals surface area contributed by atoms with Crippen LogP contribution in [0, 0.1) is 6.92 Å². The summed E-state index contributed by atoms with van der Waals surface area (Å²) in [6.07, 6.45) is 0. The van der Waals surface area contributed by atoms with Crippen molar-refractivity contribution >= 4 is 27.5 Å². The summed E-state index contributed by atoms with van der Waals surface area (Å²) in [6, 6.07) is 18.0. The predicted molar refractivity (Wildman–Crippen MR) is 106 cm³/mol. The molecular formula is C20H18N2O5S. The first-order chi connectivity index (χ1) is 13.3. The van der Waals surface area contributed by atoms with Gasteiger partial charge in [0.25, 0.3) is 0 Å². The molecule has 3 rings (SSSR count). The van der Waals surface area contributed by atoms with Gasteiger partial charge < -0.3 is 19.9 Å². The molecule has 28 heavy (non-hydrogen) atoms. The number of aromatic hydroxyl groups is 1. The van der Waals surface area contributed by atoms with E-state index in [1.54, 1.807) is 43.3 Å². The van der Waals surface area contributed by atoms with Gasteiger partial charge in [0.05, 0.1) is 0 Å². The van der Waals surface area contributed by atoms with Gasteiger partial charge in [0.15, 0.2) is 0 Å². The van der Waals surface area contributed by atoms with E-state index in [0.29, 0.717) is 11.4 Å². The van der Waals surface area contributed by atoms with Crippen molar-refractivity contribution < 1.29 is 22.5 Å². The summed E-state index contributed by atoms with van der Waals surface area (Å²) in [5.41, 5.74) is 1.55. The van der Waals surface area contributed by atoms with Gasteiger partial charge in [-0.05, 0) is 48.9 Å². The van der Waals surface area contributed by atoms with Gasteiger partial charge in [0.1, 0.15) is 16.4 Å². The molecule has 8 heteroatoms. The van der Waals surface area contributed by atoms with Crippen LogP contribution in [0.1, 0.15) is 5.56 Å². The summed E-state index contributed by atoms with van der Waals surface area (Å²) < 4.78 is 30.0. The smallest absolute Gasteiger partial charge is 0.339 e. The maximum absolute atomic E-state index is 12.4. The first-order valence-corrected chi connectivity index (χ1v) is 9.71. The molecule has 7 nitrogen and oxygen atoms in total. The Morgan fingerprint density at radius 1 is 0.893 bits per heavy atom. The Hall–Kier alpha value is -3.52. The van der Waals surface area contributed by atoms with Crippen LogP contribution in [0.5, 0.6) is 11.5 Å². The van der Waals surface area contributed by atoms with Crippen molar-refractivity contribution in [2.75, 3.05) is 10.6 Å². The van der Waals surface area contributed by atoms with Crippen molar-refractivity contribution in [2.24, 2.45) is 0 Å². The molecule has 0 aromatic heterocycles. The van der Waals surface area contributed by atoms with Gasteiger partial charge in [0, 0.05) is 23.5 Å². The Balaban J connectivity index is 1.71. The van der Waals surface area contributed by atoms with Crippen LogP contribution in [-0.4, -0.2) is 19.6 Å². The summed E-state index contributed by atoms with van der Waals surface area (Å²) in [7, 11) is -3.99. The van der Waals surface area contributed by atoms with Crippen molar-refractivity contribution in [3.05, 3.63) is 78.4 Å². The molecule has 3 N–H and O–H groups in total. The molecule has 0 saturated carbocycles. The zero-order valence-corrected chi connectivity index (χ0v) is 15.7. The molecule has 0 spiro atoms. The Bertz CT molecular complexity index is 1110. The van der Waals surface area contributed by atoms with Gasteiger partial charge in [-0.15, -0.1) is 0 Å². The highest BCUT2D eigenvalue weighted by Crippen LogP contribution is 2.23. The number of nitrogens with one attached hydrogen (secondary N) is 2. The van der Waals surface area contributed by atoms with Crippen LogP contribution in [0.2, 0.25) is 0 Å². The Kier molecular flexibility index (Phi) is 5.51. The van der Waals surface area contributed by atoms with E-state index in [1.165, 1.54) is 36.4 Å². The van der Waals surface area contributed by atoms with Crippen LogP contribution in [0.25, 0.3) is 0 Å². The number of phenolic OH excluding ortho intramolecular Hbond substituents is 1. The van der Waals surface area contributed by atoms with Gasteiger partial charge in [-0.2, -0.15) is 8.42 Å². The van der Waals surface area contributed by atoms with Crippen LogP contribution in [0.3, 0.4) is 0 Å². The number of phenols is 1. The van der Waals surface area contributed by atoms with Gasteiger partial charge in [-0.25, -0.2) is 4.79 Å². The van der Waals surface area contributed by atoms with Crippen LogP contribution < -0.4 is 14.8 Å². The molecule has 0 aliphatic carbocycles. The number of aryl methyl sites for hydroxylation is 1. The largest absolute Gasteiger partial charge is 0.508 e. The third-order valence-corrected chi connectivity index (χ3v) is 4.92. The second kappa shape index (κ2) is 8.01. The molecule has 0 radical (unpaired) electrons. The number of urea groups is 1. The van der Waals surface area contributed by atoms with Gasteiger partial charge in [-0.3, -0.25) is 0 Å². The molecule has 0 aliphatic rings. The number of hydrogen-bond donors (Lipinski definition) is 3. The maximum atomic E-state index is 12.4. The quantitative estimate of drug-likeness (QED) is 0.561. The summed E-state index contributed by atoms with van der Waals surface area (Å²) in [5.74, 6) is 0.0891. The highest BCUT2D eigenvalue weighted by atomic mass is 32.2. The minimum atomic E-state index is -3.99. The molecule has 0 aliphatic heterocycles. The van der Waals surface area contributed by atoms with Gasteiger partial charge >= 0.3 is 16.1 Å². The Morgan fingerprint density at radius 2 is 1.54 bits per heavy atom. The summed E-state index contributed by atoms with van der Waals surface area (Å²) in [5, 5.41) is 14.6. The van der Waals surface area contributed by atoms with Crippen molar-refractivity contribution in [1.29, 1.82) is 0 Å². The van der Waals surface area contributed by atoms with Crippen molar-refractivity contribution in [2.45, 2.75) is 11.8 Å². The molecule has 2 amide bonds. The minimum Gasteiger partial charge on any atom is -0.508 e. The predicted octanol–water partition coefficient (Wildman–Crippen LogP) is 4.11. The minimum absolute atomic E-state index is 0.0227. The average molecular weight is 398 g/mol. The average Bonchev–Trinajstić information content (AvgIpc) is 2.61. The second-order valence-corrected chi connectivity index (χ2v) is 7.56. The zero-order chi connectivity index (χ0) is 20.1. The fraction of sp³-hybridized carbons (Fsp3) is 0.0500. The summed E-state index contributed by atoms with van der Waals surface area (Å²) in [6.45, 7) is 1.79. The topological polar surface area (TPSA) is 105 Å². The van der Waals surface area contributed by atoms with Crippen LogP contribution in [0.4, 0.5) is 16.2 Å². The SMILES string of the molecule is Cc1cccc(S(=O)(=O)Oc2cccc(NC(=O)Nc3cccc(O)c3)c2)c1. The Morgan fingerprint density at radius 3 is 2.21 bits per heavy atom. The monoisotopic (exact) mass is 398 g/mol. The second-order valence-electron chi connectivity index (χ2n) is 6.01. The molecule has 3 aromatic carbocycles. The van der Waals surface area contributed by atoms with Crippen LogP contribution in [0.15, 0.2) is 77.7 Å². The normalized spacial score (nSPS) is 10.9. The van der Waals surface area contributed by atoms with E-state index in [2.05, 4.69) is 10.6 Å². The number of amides is 2. The molecular weight excluding hydrogens is 380 g/mol. The molecule has 0 saturated heterocycles. The van der Waals surface area contributed by atoms with E-state index in [0.717, 1.165) is 5.56 Å². The third-order valence-electron chi connectivity index (χ3n) is 3.68. The zero-order valence-electron chi connectivity index (χ0n) is 14.9. The van der Waals surface area contributed by atoms with E-state index < -0.39 is 16.1 Å². The fourth-order valence-electron chi connectivity index (χ4n) is 2.45. The number of benzene rings is 3. The van der Waals surface area contributed by atoms with E-state index in [9.17, 15) is 18.3 Å². The van der Waals surface area contributed by atoms with E-state index in [-0.39, 0.29) is 16.4 Å². The Labute approximate surface area is 162 Å².